The van der Waals surface area contributed by atoms with Gasteiger partial charge in [-0.1, -0.05) is 13.8 Å². The Balaban J connectivity index is 0.00000280. The molecule has 8 nitrogen and oxygen atoms in total. The van der Waals surface area contributed by atoms with Gasteiger partial charge >= 0.3 is 0 Å². The molecule has 3 unspecified atom stereocenters. The second kappa shape index (κ2) is 10.7. The van der Waals surface area contributed by atoms with Gasteiger partial charge in [-0.15, -0.1) is 24.0 Å². The largest absolute Gasteiger partial charge is 0.379 e. The van der Waals surface area contributed by atoms with Crippen LogP contribution in [0.15, 0.2) is 4.99 Å². The van der Waals surface area contributed by atoms with Crippen LogP contribution < -0.4 is 10.6 Å². The molecule has 0 radical (unpaired) electrons. The molecule has 3 heterocycles. The molecular weight excluding hydrogens is 469 g/mol. The summed E-state index contributed by atoms with van der Waals surface area (Å²) >= 11 is 0. The quantitative estimate of drug-likeness (QED) is 0.360. The highest BCUT2D eigenvalue weighted by Gasteiger charge is 2.25. The van der Waals surface area contributed by atoms with Gasteiger partial charge in [-0.25, -0.2) is 9.67 Å². The lowest BCUT2D eigenvalue weighted by molar-refractivity contribution is -0.0174. The summed E-state index contributed by atoms with van der Waals surface area (Å²) in [4.78, 5) is 11.6. The Morgan fingerprint density at radius 3 is 2.82 bits per heavy atom. The second-order valence-corrected chi connectivity index (χ2v) is 8.07. The van der Waals surface area contributed by atoms with Crippen LogP contribution in [-0.2, 0) is 17.7 Å². The fourth-order valence-electron chi connectivity index (χ4n) is 3.84. The molecule has 0 bridgehead atoms. The number of guanidine groups is 1. The van der Waals surface area contributed by atoms with Crippen molar-refractivity contribution in [2.24, 2.45) is 4.99 Å². The van der Waals surface area contributed by atoms with Gasteiger partial charge in [0.25, 0.3) is 0 Å². The van der Waals surface area contributed by atoms with Gasteiger partial charge in [0.1, 0.15) is 5.82 Å². The summed E-state index contributed by atoms with van der Waals surface area (Å²) in [7, 11) is 1.83. The topological polar surface area (TPSA) is 79.6 Å². The third-order valence-electron chi connectivity index (χ3n) is 5.51. The average molecular weight is 505 g/mol. The normalized spacial score (nSPS) is 24.4. The molecule has 0 saturated carbocycles. The minimum atomic E-state index is 0. The number of morpholine rings is 1. The van der Waals surface area contributed by atoms with Crippen LogP contribution in [0.3, 0.4) is 0 Å². The number of halogens is 1. The molecule has 0 aliphatic carbocycles. The highest BCUT2D eigenvalue weighted by Crippen LogP contribution is 2.17. The number of nitrogens with zero attached hydrogens (tertiary/aromatic N) is 5. The van der Waals surface area contributed by atoms with E-state index in [9.17, 15) is 0 Å². The maximum atomic E-state index is 5.54. The van der Waals surface area contributed by atoms with E-state index in [1.165, 1.54) is 0 Å². The van der Waals surface area contributed by atoms with Crippen LogP contribution in [0.4, 0.5) is 0 Å². The smallest absolute Gasteiger partial charge is 0.191 e. The Kier molecular flexibility index (Phi) is 8.94. The maximum Gasteiger partial charge on any atom is 0.191 e. The standard InChI is InChI=1S/C19H35N7O.HI/c1-13(2)18-23-17-7-6-16(11-26(17)24-18)22-19(20-5)21-10-14(3)25-8-9-27-12-15(25)4;/h13-16H,6-12H2,1-5H3,(H2,20,21,22);1H. The Hall–Kier alpha value is -0.940. The van der Waals surface area contributed by atoms with E-state index in [4.69, 9.17) is 4.74 Å². The summed E-state index contributed by atoms with van der Waals surface area (Å²) in [5.41, 5.74) is 0. The molecule has 1 aromatic rings. The van der Waals surface area contributed by atoms with E-state index in [-0.39, 0.29) is 24.0 Å². The predicted octanol–water partition coefficient (Wildman–Crippen LogP) is 1.61. The fourth-order valence-corrected chi connectivity index (χ4v) is 3.84. The average Bonchev–Trinajstić information content (AvgIpc) is 3.09. The molecule has 1 saturated heterocycles. The molecule has 2 N–H and O–H groups in total. The van der Waals surface area contributed by atoms with Crippen molar-refractivity contribution < 1.29 is 4.74 Å². The third kappa shape index (κ3) is 5.79. The van der Waals surface area contributed by atoms with E-state index >= 15 is 0 Å². The van der Waals surface area contributed by atoms with Crippen LogP contribution in [-0.4, -0.2) is 77.1 Å². The van der Waals surface area contributed by atoms with Crippen molar-refractivity contribution in [1.29, 1.82) is 0 Å². The molecule has 28 heavy (non-hydrogen) atoms. The number of hydrogen-bond donors (Lipinski definition) is 2. The number of aromatic nitrogens is 3. The lowest BCUT2D eigenvalue weighted by Crippen LogP contribution is -2.54. The summed E-state index contributed by atoms with van der Waals surface area (Å²) in [5.74, 6) is 3.28. The molecular formula is C19H36IN7O. The molecule has 3 rings (SSSR count). The molecule has 0 amide bonds. The van der Waals surface area contributed by atoms with Gasteiger partial charge in [0.15, 0.2) is 11.8 Å². The van der Waals surface area contributed by atoms with Crippen LogP contribution in [0, 0.1) is 0 Å². The number of ether oxygens (including phenoxy) is 1. The molecule has 3 atom stereocenters. The van der Waals surface area contributed by atoms with Crippen LogP contribution in [0.2, 0.25) is 0 Å². The van der Waals surface area contributed by atoms with Crippen LogP contribution in [0.1, 0.15) is 51.7 Å². The molecule has 2 aliphatic heterocycles. The summed E-state index contributed by atoms with van der Waals surface area (Å²) < 4.78 is 7.60. The molecule has 0 aromatic carbocycles. The van der Waals surface area contributed by atoms with Crippen LogP contribution >= 0.6 is 24.0 Å². The first-order valence-corrected chi connectivity index (χ1v) is 10.2. The zero-order valence-electron chi connectivity index (χ0n) is 17.8. The van der Waals surface area contributed by atoms with E-state index in [0.717, 1.165) is 63.3 Å². The zero-order chi connectivity index (χ0) is 19.4. The predicted molar refractivity (Wildman–Crippen MR) is 123 cm³/mol. The number of rotatable bonds is 5. The Labute approximate surface area is 185 Å². The van der Waals surface area contributed by atoms with Crippen molar-refractivity contribution in [2.45, 2.75) is 71.1 Å². The number of aryl methyl sites for hydroxylation is 1. The first-order valence-electron chi connectivity index (χ1n) is 10.2. The number of hydrogen-bond acceptors (Lipinski definition) is 5. The molecule has 0 spiro atoms. The van der Waals surface area contributed by atoms with Gasteiger partial charge < -0.3 is 15.4 Å². The van der Waals surface area contributed by atoms with Crippen molar-refractivity contribution in [3.63, 3.8) is 0 Å². The third-order valence-corrected chi connectivity index (χ3v) is 5.51. The van der Waals surface area contributed by atoms with Crippen molar-refractivity contribution in [2.75, 3.05) is 33.4 Å². The molecule has 9 heteroatoms. The molecule has 2 aliphatic rings. The fraction of sp³-hybridized carbons (Fsp3) is 0.842. The lowest BCUT2D eigenvalue weighted by Gasteiger charge is -2.38. The molecule has 1 fully saturated rings. The maximum absolute atomic E-state index is 5.54. The number of aliphatic imine (C=N–C) groups is 1. The van der Waals surface area contributed by atoms with Gasteiger partial charge in [-0.05, 0) is 20.3 Å². The summed E-state index contributed by atoms with van der Waals surface area (Å²) in [5, 5.41) is 11.7. The first-order chi connectivity index (χ1) is 13.0. The van der Waals surface area contributed by atoms with E-state index in [1.54, 1.807) is 0 Å². The highest BCUT2D eigenvalue weighted by molar-refractivity contribution is 14.0. The summed E-state index contributed by atoms with van der Waals surface area (Å²) in [6.45, 7) is 13.1. The van der Waals surface area contributed by atoms with Gasteiger partial charge in [-0.3, -0.25) is 9.89 Å². The zero-order valence-corrected chi connectivity index (χ0v) is 20.1. The second-order valence-electron chi connectivity index (χ2n) is 8.07. The van der Waals surface area contributed by atoms with Crippen molar-refractivity contribution >= 4 is 29.9 Å². The van der Waals surface area contributed by atoms with E-state index in [2.05, 4.69) is 63.0 Å². The Morgan fingerprint density at radius 2 is 2.14 bits per heavy atom. The van der Waals surface area contributed by atoms with Gasteiger partial charge in [0, 0.05) is 50.6 Å². The monoisotopic (exact) mass is 505 g/mol. The minimum absolute atomic E-state index is 0. The Bertz CT molecular complexity index is 648. The lowest BCUT2D eigenvalue weighted by atomic mass is 10.1. The van der Waals surface area contributed by atoms with Crippen molar-refractivity contribution in [1.82, 2.24) is 30.3 Å². The first kappa shape index (κ1) is 23.3. The molecule has 1 aromatic heterocycles. The van der Waals surface area contributed by atoms with Crippen molar-refractivity contribution in [3.05, 3.63) is 11.6 Å². The van der Waals surface area contributed by atoms with Crippen molar-refractivity contribution in [3.8, 4) is 0 Å². The van der Waals surface area contributed by atoms with Crippen LogP contribution in [0.25, 0.3) is 0 Å². The van der Waals surface area contributed by atoms with Gasteiger partial charge in [0.05, 0.1) is 19.8 Å². The summed E-state index contributed by atoms with van der Waals surface area (Å²) in [6.07, 6.45) is 2.00. The molecule has 160 valence electrons. The minimum Gasteiger partial charge on any atom is -0.379 e. The highest BCUT2D eigenvalue weighted by atomic mass is 127. The van der Waals surface area contributed by atoms with Gasteiger partial charge in [0.2, 0.25) is 0 Å². The number of nitrogens with one attached hydrogen (secondary N) is 2. The van der Waals surface area contributed by atoms with E-state index < -0.39 is 0 Å². The number of fused-ring (bicyclic) bond motifs is 1. The van der Waals surface area contributed by atoms with Crippen LogP contribution in [0.5, 0.6) is 0 Å². The SMILES string of the molecule is CN=C(NCC(C)N1CCOCC1C)NC1CCc2nc(C(C)C)nn2C1.I. The Morgan fingerprint density at radius 1 is 1.36 bits per heavy atom. The van der Waals surface area contributed by atoms with E-state index in [0.29, 0.717) is 24.0 Å². The summed E-state index contributed by atoms with van der Waals surface area (Å²) in [6, 6.07) is 1.22. The van der Waals surface area contributed by atoms with Gasteiger partial charge in [-0.2, -0.15) is 5.10 Å². The van der Waals surface area contributed by atoms with E-state index in [1.807, 2.05) is 7.05 Å².